The summed E-state index contributed by atoms with van der Waals surface area (Å²) in [5, 5.41) is 9.25. The monoisotopic (exact) mass is 268 g/mol. The zero-order valence-corrected chi connectivity index (χ0v) is 11.2. The van der Waals surface area contributed by atoms with E-state index in [1.807, 2.05) is 0 Å². The molecule has 18 heavy (non-hydrogen) atoms. The quantitative estimate of drug-likeness (QED) is 0.853. The number of hydrogen-bond donors (Lipinski definition) is 1. The Bertz CT molecular complexity index is 451. The second-order valence-electron chi connectivity index (χ2n) is 4.73. The summed E-state index contributed by atoms with van der Waals surface area (Å²) in [5.74, 6) is 0.396. The standard InChI is InChI=1S/C13H17ClN2O2/c1-2-3-9-4-5-16(8-9)12-7-10(13(17)18)6-11(14)15-12/h6-7,9H,2-5,8H2,1H3,(H,17,18). The summed E-state index contributed by atoms with van der Waals surface area (Å²) in [5.41, 5.74) is 0.198. The minimum atomic E-state index is -0.968. The van der Waals surface area contributed by atoms with Crippen molar-refractivity contribution < 1.29 is 9.90 Å². The van der Waals surface area contributed by atoms with Crippen LogP contribution in [0.5, 0.6) is 0 Å². The number of carbonyl (C=O) groups is 1. The van der Waals surface area contributed by atoms with Gasteiger partial charge in [-0.05, 0) is 30.9 Å². The highest BCUT2D eigenvalue weighted by molar-refractivity contribution is 6.29. The molecule has 0 bridgehead atoms. The first-order chi connectivity index (χ1) is 8.60. The Balaban J connectivity index is 2.16. The van der Waals surface area contributed by atoms with Crippen LogP contribution >= 0.6 is 11.6 Å². The molecule has 1 aliphatic rings. The van der Waals surface area contributed by atoms with E-state index in [2.05, 4.69) is 16.8 Å². The lowest BCUT2D eigenvalue weighted by Crippen LogP contribution is -2.21. The highest BCUT2D eigenvalue weighted by Gasteiger charge is 2.23. The van der Waals surface area contributed by atoms with Crippen LogP contribution < -0.4 is 4.90 Å². The largest absolute Gasteiger partial charge is 0.478 e. The molecule has 0 aliphatic carbocycles. The van der Waals surface area contributed by atoms with Gasteiger partial charge < -0.3 is 10.0 Å². The van der Waals surface area contributed by atoms with E-state index in [4.69, 9.17) is 16.7 Å². The molecule has 1 aromatic rings. The Morgan fingerprint density at radius 1 is 1.61 bits per heavy atom. The van der Waals surface area contributed by atoms with Gasteiger partial charge in [0.15, 0.2) is 0 Å². The molecule has 2 heterocycles. The zero-order chi connectivity index (χ0) is 13.1. The summed E-state index contributed by atoms with van der Waals surface area (Å²) in [4.78, 5) is 17.3. The Kier molecular flexibility index (Phi) is 4.07. The molecule has 1 fully saturated rings. The Morgan fingerprint density at radius 2 is 2.39 bits per heavy atom. The number of aromatic carboxylic acids is 1. The topological polar surface area (TPSA) is 53.4 Å². The van der Waals surface area contributed by atoms with Crippen molar-refractivity contribution in [2.45, 2.75) is 26.2 Å². The third-order valence-electron chi connectivity index (χ3n) is 3.33. The SMILES string of the molecule is CCCC1CCN(c2cc(C(=O)O)cc(Cl)n2)C1. The van der Waals surface area contributed by atoms with Crippen LogP contribution in [0.4, 0.5) is 5.82 Å². The van der Waals surface area contributed by atoms with Gasteiger partial charge in [-0.15, -0.1) is 0 Å². The maximum Gasteiger partial charge on any atom is 0.335 e. The van der Waals surface area contributed by atoms with Crippen molar-refractivity contribution in [1.82, 2.24) is 4.98 Å². The van der Waals surface area contributed by atoms with E-state index in [9.17, 15) is 4.79 Å². The minimum absolute atomic E-state index is 0.198. The van der Waals surface area contributed by atoms with Crippen LogP contribution in [0.3, 0.4) is 0 Å². The van der Waals surface area contributed by atoms with E-state index in [1.165, 1.54) is 18.9 Å². The van der Waals surface area contributed by atoms with Crippen molar-refractivity contribution in [2.24, 2.45) is 5.92 Å². The summed E-state index contributed by atoms with van der Waals surface area (Å²) in [6.07, 6.45) is 3.54. The number of carboxylic acid groups (broad SMARTS) is 1. The first-order valence-electron chi connectivity index (χ1n) is 6.26. The van der Waals surface area contributed by atoms with Crippen molar-refractivity contribution in [3.05, 3.63) is 22.8 Å². The fraction of sp³-hybridized carbons (Fsp3) is 0.538. The van der Waals surface area contributed by atoms with Gasteiger partial charge in [-0.3, -0.25) is 0 Å². The van der Waals surface area contributed by atoms with Crippen molar-refractivity contribution in [3.8, 4) is 0 Å². The molecule has 0 aromatic carbocycles. The molecular formula is C13H17ClN2O2. The number of anilines is 1. The van der Waals surface area contributed by atoms with Crippen LogP contribution in [0.2, 0.25) is 5.15 Å². The average molecular weight is 269 g/mol. The van der Waals surface area contributed by atoms with Crippen molar-refractivity contribution in [3.63, 3.8) is 0 Å². The van der Waals surface area contributed by atoms with E-state index in [1.54, 1.807) is 6.07 Å². The summed E-state index contributed by atoms with van der Waals surface area (Å²) in [6.45, 7) is 4.06. The molecule has 4 nitrogen and oxygen atoms in total. The number of nitrogens with zero attached hydrogens (tertiary/aromatic N) is 2. The first-order valence-corrected chi connectivity index (χ1v) is 6.63. The number of aromatic nitrogens is 1. The molecule has 5 heteroatoms. The maximum absolute atomic E-state index is 11.0. The number of halogens is 1. The third kappa shape index (κ3) is 2.93. The van der Waals surface area contributed by atoms with Crippen LogP contribution in [0.1, 0.15) is 36.5 Å². The highest BCUT2D eigenvalue weighted by Crippen LogP contribution is 2.27. The van der Waals surface area contributed by atoms with Gasteiger partial charge in [0.1, 0.15) is 11.0 Å². The van der Waals surface area contributed by atoms with Gasteiger partial charge in [0.25, 0.3) is 0 Å². The Labute approximate surface area is 112 Å². The number of rotatable bonds is 4. The van der Waals surface area contributed by atoms with E-state index < -0.39 is 5.97 Å². The highest BCUT2D eigenvalue weighted by atomic mass is 35.5. The maximum atomic E-state index is 11.0. The molecule has 1 N–H and O–H groups in total. The molecule has 0 saturated carbocycles. The van der Waals surface area contributed by atoms with Gasteiger partial charge in [-0.1, -0.05) is 24.9 Å². The van der Waals surface area contributed by atoms with Gasteiger partial charge in [-0.2, -0.15) is 0 Å². The molecule has 1 aliphatic heterocycles. The normalized spacial score (nSPS) is 19.2. The van der Waals surface area contributed by atoms with Gasteiger partial charge in [0, 0.05) is 13.1 Å². The lowest BCUT2D eigenvalue weighted by atomic mass is 10.0. The summed E-state index contributed by atoms with van der Waals surface area (Å²) >= 11 is 5.87. The first kappa shape index (κ1) is 13.1. The van der Waals surface area contributed by atoms with Crippen molar-refractivity contribution in [2.75, 3.05) is 18.0 Å². The second-order valence-corrected chi connectivity index (χ2v) is 5.12. The van der Waals surface area contributed by atoms with Gasteiger partial charge in [0.05, 0.1) is 5.56 Å². The van der Waals surface area contributed by atoms with E-state index in [0.29, 0.717) is 11.7 Å². The minimum Gasteiger partial charge on any atom is -0.478 e. The molecule has 0 amide bonds. The number of hydrogen-bond acceptors (Lipinski definition) is 3. The van der Waals surface area contributed by atoms with E-state index in [-0.39, 0.29) is 10.7 Å². The number of pyridine rings is 1. The number of carboxylic acids is 1. The van der Waals surface area contributed by atoms with E-state index in [0.717, 1.165) is 19.5 Å². The fourth-order valence-electron chi connectivity index (χ4n) is 2.45. The third-order valence-corrected chi connectivity index (χ3v) is 3.53. The fourth-order valence-corrected chi connectivity index (χ4v) is 2.66. The summed E-state index contributed by atoms with van der Waals surface area (Å²) in [6, 6.07) is 2.98. The summed E-state index contributed by atoms with van der Waals surface area (Å²) in [7, 11) is 0. The molecule has 1 atom stereocenters. The Morgan fingerprint density at radius 3 is 3.06 bits per heavy atom. The predicted molar refractivity (Wildman–Crippen MR) is 71.4 cm³/mol. The van der Waals surface area contributed by atoms with Crippen LogP contribution in [-0.4, -0.2) is 29.1 Å². The van der Waals surface area contributed by atoms with E-state index >= 15 is 0 Å². The molecular weight excluding hydrogens is 252 g/mol. The predicted octanol–water partition coefficient (Wildman–Crippen LogP) is 3.06. The van der Waals surface area contributed by atoms with Gasteiger partial charge in [0.2, 0.25) is 0 Å². The molecule has 2 rings (SSSR count). The van der Waals surface area contributed by atoms with Gasteiger partial charge >= 0.3 is 5.97 Å². The van der Waals surface area contributed by atoms with Gasteiger partial charge in [-0.25, -0.2) is 9.78 Å². The smallest absolute Gasteiger partial charge is 0.335 e. The van der Waals surface area contributed by atoms with Crippen molar-refractivity contribution >= 4 is 23.4 Å². The zero-order valence-electron chi connectivity index (χ0n) is 10.4. The van der Waals surface area contributed by atoms with Crippen molar-refractivity contribution in [1.29, 1.82) is 0 Å². The molecule has 0 spiro atoms. The summed E-state index contributed by atoms with van der Waals surface area (Å²) < 4.78 is 0. The second kappa shape index (κ2) is 5.57. The van der Waals surface area contributed by atoms with Crippen LogP contribution in [-0.2, 0) is 0 Å². The molecule has 0 radical (unpaired) electrons. The van der Waals surface area contributed by atoms with Crippen LogP contribution in [0, 0.1) is 5.92 Å². The lowest BCUT2D eigenvalue weighted by Gasteiger charge is -2.18. The molecule has 1 aromatic heterocycles. The Hall–Kier alpha value is -1.29. The lowest BCUT2D eigenvalue weighted by molar-refractivity contribution is 0.0697. The molecule has 1 saturated heterocycles. The molecule has 98 valence electrons. The van der Waals surface area contributed by atoms with Crippen LogP contribution in [0.25, 0.3) is 0 Å². The molecule has 1 unspecified atom stereocenters. The van der Waals surface area contributed by atoms with Crippen LogP contribution in [0.15, 0.2) is 12.1 Å². The average Bonchev–Trinajstić information content (AvgIpc) is 2.77.